The first-order valence-electron chi connectivity index (χ1n) is 6.84. The summed E-state index contributed by atoms with van der Waals surface area (Å²) in [7, 11) is 0.628. The minimum Gasteiger partial charge on any atom is -0.326 e. The molecule has 1 saturated carbocycles. The van der Waals surface area contributed by atoms with Gasteiger partial charge in [0, 0.05) is 18.6 Å². The maximum absolute atomic E-state index is 12.3. The second-order valence-electron chi connectivity index (χ2n) is 5.63. The summed E-state index contributed by atoms with van der Waals surface area (Å²) in [6.07, 6.45) is 4.41. The highest BCUT2D eigenvalue weighted by Gasteiger charge is 2.37. The highest BCUT2D eigenvalue weighted by molar-refractivity contribution is 7.91. The van der Waals surface area contributed by atoms with Crippen LogP contribution in [0.3, 0.4) is 0 Å². The van der Waals surface area contributed by atoms with Crippen LogP contribution < -0.4 is 10.5 Å². The molecule has 7 heteroatoms. The zero-order valence-electron chi connectivity index (χ0n) is 12.1. The van der Waals surface area contributed by atoms with E-state index in [4.69, 9.17) is 5.73 Å². The van der Waals surface area contributed by atoms with Gasteiger partial charge in [-0.2, -0.15) is 0 Å². The molecule has 1 aromatic heterocycles. The Morgan fingerprint density at radius 3 is 2.55 bits per heavy atom. The number of nitrogens with zero attached hydrogens (tertiary/aromatic N) is 1. The van der Waals surface area contributed by atoms with E-state index in [9.17, 15) is 8.42 Å². The van der Waals surface area contributed by atoms with Crippen LogP contribution in [0.25, 0.3) is 0 Å². The first-order valence-corrected chi connectivity index (χ1v) is 9.20. The van der Waals surface area contributed by atoms with Crippen LogP contribution >= 0.6 is 11.3 Å². The minimum atomic E-state index is -3.42. The lowest BCUT2D eigenvalue weighted by molar-refractivity contribution is 0.162. The van der Waals surface area contributed by atoms with Gasteiger partial charge in [0.2, 0.25) is 10.0 Å². The Hall–Kier alpha value is -0.470. The number of hydrogen-bond acceptors (Lipinski definition) is 5. The third kappa shape index (κ3) is 3.23. The molecular weight excluding hydrogens is 294 g/mol. The van der Waals surface area contributed by atoms with E-state index in [1.807, 2.05) is 14.1 Å². The molecule has 0 aliphatic heterocycles. The van der Waals surface area contributed by atoms with Crippen LogP contribution in [0.15, 0.2) is 15.7 Å². The van der Waals surface area contributed by atoms with E-state index < -0.39 is 10.0 Å². The monoisotopic (exact) mass is 317 g/mol. The lowest BCUT2D eigenvalue weighted by Crippen LogP contribution is -2.50. The first-order chi connectivity index (χ1) is 9.39. The molecule has 2 rings (SSSR count). The van der Waals surface area contributed by atoms with E-state index in [1.54, 1.807) is 11.4 Å². The summed E-state index contributed by atoms with van der Waals surface area (Å²) in [5.74, 6) is 0. The fraction of sp³-hybridized carbons (Fsp3) is 0.692. The number of nitrogens with one attached hydrogen (secondary N) is 1. The van der Waals surface area contributed by atoms with Crippen molar-refractivity contribution >= 4 is 21.4 Å². The predicted octanol–water partition coefficient (Wildman–Crippen LogP) is 1.36. The van der Waals surface area contributed by atoms with Crippen LogP contribution in [0.4, 0.5) is 0 Å². The second kappa shape index (κ2) is 6.11. The molecule has 1 fully saturated rings. The third-order valence-electron chi connectivity index (χ3n) is 4.20. The maximum atomic E-state index is 12.3. The molecule has 0 spiro atoms. The third-order valence-corrected chi connectivity index (χ3v) is 7.09. The maximum Gasteiger partial charge on any atom is 0.250 e. The van der Waals surface area contributed by atoms with Crippen LogP contribution in [0.1, 0.15) is 31.2 Å². The Balaban J connectivity index is 2.08. The Labute approximate surface area is 125 Å². The minimum absolute atomic E-state index is 0.0406. The Morgan fingerprint density at radius 1 is 1.40 bits per heavy atom. The highest BCUT2D eigenvalue weighted by Crippen LogP contribution is 2.33. The number of sulfonamides is 1. The van der Waals surface area contributed by atoms with Gasteiger partial charge in [0.05, 0.1) is 0 Å². The van der Waals surface area contributed by atoms with Gasteiger partial charge in [0.25, 0.3) is 0 Å². The van der Waals surface area contributed by atoms with Gasteiger partial charge in [-0.25, -0.2) is 13.1 Å². The molecule has 1 heterocycles. The molecular formula is C13H23N3O2S2. The number of hydrogen-bond donors (Lipinski definition) is 2. The average molecular weight is 317 g/mol. The molecule has 114 valence electrons. The number of nitrogens with two attached hydrogens (primary N) is 1. The van der Waals surface area contributed by atoms with E-state index in [0.717, 1.165) is 31.2 Å². The van der Waals surface area contributed by atoms with E-state index >= 15 is 0 Å². The molecule has 0 aromatic carbocycles. The molecule has 0 amide bonds. The van der Waals surface area contributed by atoms with Crippen LogP contribution in [0.5, 0.6) is 0 Å². The lowest BCUT2D eigenvalue weighted by atomic mass is 9.97. The number of likely N-dealkylation sites (N-methyl/N-ethyl adjacent to an activating group) is 1. The topological polar surface area (TPSA) is 75.4 Å². The predicted molar refractivity (Wildman–Crippen MR) is 82.3 cm³/mol. The van der Waals surface area contributed by atoms with E-state index in [-0.39, 0.29) is 5.54 Å². The van der Waals surface area contributed by atoms with Gasteiger partial charge in [-0.1, -0.05) is 12.8 Å². The van der Waals surface area contributed by atoms with Crippen LogP contribution in [-0.4, -0.2) is 39.5 Å². The van der Waals surface area contributed by atoms with Gasteiger partial charge in [0.15, 0.2) is 0 Å². The molecule has 1 aliphatic carbocycles. The zero-order chi connectivity index (χ0) is 14.8. The summed E-state index contributed by atoms with van der Waals surface area (Å²) >= 11 is 1.23. The zero-order valence-corrected chi connectivity index (χ0v) is 13.7. The molecule has 0 bridgehead atoms. The molecule has 1 aliphatic rings. The fourth-order valence-corrected chi connectivity index (χ4v) is 5.10. The standard InChI is InChI=1S/C13H23N3O2S2/c1-16(2)13(5-3-4-6-13)10-15-20(17,18)12-7-11(8-14)9-19-12/h7,9,15H,3-6,8,10,14H2,1-2H3. The van der Waals surface area contributed by atoms with Crippen LogP contribution in [0, 0.1) is 0 Å². The molecule has 20 heavy (non-hydrogen) atoms. The summed E-state index contributed by atoms with van der Waals surface area (Å²) in [5, 5.41) is 1.80. The van der Waals surface area contributed by atoms with Gasteiger partial charge in [-0.15, -0.1) is 11.3 Å². The summed E-state index contributed by atoms with van der Waals surface area (Å²) in [6.45, 7) is 0.839. The molecule has 0 atom stereocenters. The van der Waals surface area contributed by atoms with Gasteiger partial charge >= 0.3 is 0 Å². The molecule has 5 nitrogen and oxygen atoms in total. The van der Waals surface area contributed by atoms with Crippen molar-refractivity contribution in [3.05, 3.63) is 17.0 Å². The smallest absolute Gasteiger partial charge is 0.250 e. The Bertz CT molecular complexity index is 546. The lowest BCUT2D eigenvalue weighted by Gasteiger charge is -2.36. The summed E-state index contributed by atoms with van der Waals surface area (Å²) in [5.41, 5.74) is 6.34. The van der Waals surface area contributed by atoms with Gasteiger partial charge < -0.3 is 10.6 Å². The first kappa shape index (κ1) is 15.9. The molecule has 1 aromatic rings. The second-order valence-corrected chi connectivity index (χ2v) is 8.53. The van der Waals surface area contributed by atoms with Crippen molar-refractivity contribution in [1.29, 1.82) is 0 Å². The van der Waals surface area contributed by atoms with Crippen molar-refractivity contribution < 1.29 is 8.42 Å². The summed E-state index contributed by atoms with van der Waals surface area (Å²) in [6, 6.07) is 1.66. The molecule has 0 saturated heterocycles. The van der Waals surface area contributed by atoms with E-state index in [2.05, 4.69) is 9.62 Å². The Morgan fingerprint density at radius 2 is 2.05 bits per heavy atom. The highest BCUT2D eigenvalue weighted by atomic mass is 32.2. The number of rotatable bonds is 6. The van der Waals surface area contributed by atoms with E-state index in [0.29, 0.717) is 17.3 Å². The molecule has 0 unspecified atom stereocenters. The Kier molecular flexibility index (Phi) is 4.86. The van der Waals surface area contributed by atoms with Crippen molar-refractivity contribution in [1.82, 2.24) is 9.62 Å². The molecule has 0 radical (unpaired) electrons. The fourth-order valence-electron chi connectivity index (χ4n) is 2.72. The summed E-state index contributed by atoms with van der Waals surface area (Å²) < 4.78 is 27.8. The van der Waals surface area contributed by atoms with Gasteiger partial charge in [0.1, 0.15) is 4.21 Å². The van der Waals surface area contributed by atoms with Crippen molar-refractivity contribution in [2.45, 2.75) is 42.0 Å². The largest absolute Gasteiger partial charge is 0.326 e. The van der Waals surface area contributed by atoms with Crippen molar-refractivity contribution in [2.24, 2.45) is 5.73 Å². The van der Waals surface area contributed by atoms with Crippen molar-refractivity contribution in [3.8, 4) is 0 Å². The normalized spacial score (nSPS) is 18.8. The van der Waals surface area contributed by atoms with Crippen LogP contribution in [-0.2, 0) is 16.6 Å². The van der Waals surface area contributed by atoms with Gasteiger partial charge in [-0.05, 0) is 43.9 Å². The molecule has 3 N–H and O–H groups in total. The van der Waals surface area contributed by atoms with Crippen molar-refractivity contribution in [3.63, 3.8) is 0 Å². The quantitative estimate of drug-likeness (QED) is 0.831. The average Bonchev–Trinajstić information content (AvgIpc) is 3.06. The SMILES string of the molecule is CN(C)C1(CNS(=O)(=O)c2cc(CN)cs2)CCCC1. The van der Waals surface area contributed by atoms with Gasteiger partial charge in [-0.3, -0.25) is 0 Å². The van der Waals surface area contributed by atoms with E-state index in [1.165, 1.54) is 11.3 Å². The van der Waals surface area contributed by atoms with Crippen molar-refractivity contribution in [2.75, 3.05) is 20.6 Å². The summed E-state index contributed by atoms with van der Waals surface area (Å²) in [4.78, 5) is 2.16. The number of thiophene rings is 1. The van der Waals surface area contributed by atoms with Crippen LogP contribution in [0.2, 0.25) is 0 Å².